The van der Waals surface area contributed by atoms with Crippen LogP contribution in [0.2, 0.25) is 0 Å². The number of hydrogen-bond acceptors (Lipinski definition) is 5. The Morgan fingerprint density at radius 1 is 1.29 bits per heavy atom. The van der Waals surface area contributed by atoms with Crippen molar-refractivity contribution in [2.24, 2.45) is 0 Å². The summed E-state index contributed by atoms with van der Waals surface area (Å²) >= 11 is 0. The van der Waals surface area contributed by atoms with Crippen molar-refractivity contribution in [2.45, 2.75) is 19.1 Å². The van der Waals surface area contributed by atoms with E-state index in [-0.39, 0.29) is 12.1 Å². The molecule has 0 saturated carbocycles. The Hall–Kier alpha value is -1.30. The quantitative estimate of drug-likeness (QED) is 0.865. The van der Waals surface area contributed by atoms with Gasteiger partial charge in [-0.25, -0.2) is 0 Å². The molecule has 5 nitrogen and oxygen atoms in total. The molecule has 1 aromatic rings. The highest BCUT2D eigenvalue weighted by atomic mass is 16.5. The van der Waals surface area contributed by atoms with Crippen LogP contribution in [0.4, 0.5) is 0 Å². The maximum Gasteiger partial charge on any atom is 0.122 e. The summed E-state index contributed by atoms with van der Waals surface area (Å²) in [4.78, 5) is 2.30. The van der Waals surface area contributed by atoms with E-state index in [0.29, 0.717) is 0 Å². The molecule has 21 heavy (non-hydrogen) atoms. The van der Waals surface area contributed by atoms with Gasteiger partial charge >= 0.3 is 0 Å². The first kappa shape index (κ1) is 16.1. The lowest BCUT2D eigenvalue weighted by Crippen LogP contribution is -2.46. The highest BCUT2D eigenvalue weighted by Crippen LogP contribution is 2.29. The molecule has 0 aromatic heterocycles. The smallest absolute Gasteiger partial charge is 0.122 e. The van der Waals surface area contributed by atoms with Crippen molar-refractivity contribution in [1.82, 2.24) is 10.2 Å². The molecular weight excluding hydrogens is 268 g/mol. The van der Waals surface area contributed by atoms with Crippen LogP contribution in [0.15, 0.2) is 18.2 Å². The van der Waals surface area contributed by atoms with Crippen LogP contribution in [0, 0.1) is 0 Å². The van der Waals surface area contributed by atoms with Gasteiger partial charge in [-0.05, 0) is 31.3 Å². The van der Waals surface area contributed by atoms with Gasteiger partial charge in [0.15, 0.2) is 0 Å². The van der Waals surface area contributed by atoms with Crippen LogP contribution in [0.25, 0.3) is 0 Å². The van der Waals surface area contributed by atoms with Crippen LogP contribution in [-0.2, 0) is 4.74 Å². The molecule has 118 valence electrons. The van der Waals surface area contributed by atoms with Crippen molar-refractivity contribution in [3.05, 3.63) is 23.8 Å². The summed E-state index contributed by atoms with van der Waals surface area (Å²) in [7, 11) is 5.47. The lowest BCUT2D eigenvalue weighted by molar-refractivity contribution is -0.0390. The molecule has 2 atom stereocenters. The first-order chi connectivity index (χ1) is 10.2. The summed E-state index contributed by atoms with van der Waals surface area (Å²) in [6, 6.07) is 6.11. The van der Waals surface area contributed by atoms with E-state index in [2.05, 4.69) is 24.2 Å². The van der Waals surface area contributed by atoms with Gasteiger partial charge in [-0.3, -0.25) is 0 Å². The van der Waals surface area contributed by atoms with Crippen molar-refractivity contribution in [1.29, 1.82) is 0 Å². The molecule has 1 N–H and O–H groups in total. The molecule has 0 bridgehead atoms. The molecule has 0 spiro atoms. The molecule has 0 amide bonds. The third-order valence-electron chi connectivity index (χ3n) is 3.83. The van der Waals surface area contributed by atoms with E-state index in [9.17, 15) is 0 Å². The van der Waals surface area contributed by atoms with Crippen molar-refractivity contribution in [2.75, 3.05) is 47.5 Å². The van der Waals surface area contributed by atoms with E-state index < -0.39 is 0 Å². The number of nitrogens with zero attached hydrogens (tertiary/aromatic N) is 1. The van der Waals surface area contributed by atoms with Crippen molar-refractivity contribution in [3.8, 4) is 11.5 Å². The molecular formula is C16H26N2O3. The fraction of sp³-hybridized carbons (Fsp3) is 0.625. The van der Waals surface area contributed by atoms with Crippen molar-refractivity contribution < 1.29 is 14.2 Å². The third kappa shape index (κ3) is 4.09. The van der Waals surface area contributed by atoms with Gasteiger partial charge in [-0.1, -0.05) is 6.92 Å². The van der Waals surface area contributed by atoms with E-state index in [1.807, 2.05) is 18.2 Å². The Morgan fingerprint density at radius 2 is 1.95 bits per heavy atom. The highest BCUT2D eigenvalue weighted by molar-refractivity contribution is 5.40. The van der Waals surface area contributed by atoms with Crippen LogP contribution in [-0.4, -0.2) is 58.5 Å². The summed E-state index contributed by atoms with van der Waals surface area (Å²) in [6.07, 6.45) is 0.125. The topological polar surface area (TPSA) is 43.0 Å². The Bertz CT molecular complexity index is 431. The maximum absolute atomic E-state index is 5.98. The molecule has 1 fully saturated rings. The number of ether oxygens (including phenoxy) is 3. The first-order valence-corrected chi connectivity index (χ1v) is 7.44. The number of benzene rings is 1. The fourth-order valence-corrected chi connectivity index (χ4v) is 2.71. The van der Waals surface area contributed by atoms with Crippen LogP contribution in [0.5, 0.6) is 11.5 Å². The SMILES string of the molecule is CCNC(c1cc(OC)cc(OC)c1)C1CN(C)CCO1. The zero-order valence-corrected chi connectivity index (χ0v) is 13.4. The van der Waals surface area contributed by atoms with Gasteiger partial charge in [0.05, 0.1) is 33.0 Å². The Kier molecular flexibility index (Phi) is 5.85. The number of rotatable bonds is 6. The molecule has 1 heterocycles. The minimum Gasteiger partial charge on any atom is -0.497 e. The molecule has 0 aliphatic carbocycles. The second-order valence-corrected chi connectivity index (χ2v) is 5.35. The Labute approximate surface area is 127 Å². The van der Waals surface area contributed by atoms with E-state index in [1.54, 1.807) is 14.2 Å². The minimum absolute atomic E-state index is 0.125. The lowest BCUT2D eigenvalue weighted by Gasteiger charge is -2.36. The lowest BCUT2D eigenvalue weighted by atomic mass is 9.99. The van der Waals surface area contributed by atoms with Gasteiger partial charge in [-0.2, -0.15) is 0 Å². The van der Waals surface area contributed by atoms with E-state index in [0.717, 1.165) is 43.3 Å². The van der Waals surface area contributed by atoms with Gasteiger partial charge < -0.3 is 24.4 Å². The Balaban J connectivity index is 2.28. The largest absolute Gasteiger partial charge is 0.497 e. The highest BCUT2D eigenvalue weighted by Gasteiger charge is 2.28. The number of nitrogens with one attached hydrogen (secondary N) is 1. The average molecular weight is 294 g/mol. The molecule has 0 radical (unpaired) electrons. The van der Waals surface area contributed by atoms with E-state index in [1.165, 1.54) is 0 Å². The van der Waals surface area contributed by atoms with Gasteiger partial charge in [-0.15, -0.1) is 0 Å². The monoisotopic (exact) mass is 294 g/mol. The van der Waals surface area contributed by atoms with Crippen LogP contribution < -0.4 is 14.8 Å². The predicted octanol–water partition coefficient (Wildman–Crippen LogP) is 1.68. The van der Waals surface area contributed by atoms with Gasteiger partial charge in [0, 0.05) is 19.2 Å². The standard InChI is InChI=1S/C16H26N2O3/c1-5-17-16(15-11-18(2)6-7-21-15)12-8-13(19-3)10-14(9-12)20-4/h8-10,15-17H,5-7,11H2,1-4H3. The molecule has 5 heteroatoms. The molecule has 2 unspecified atom stereocenters. The van der Waals surface area contributed by atoms with Crippen LogP contribution in [0.1, 0.15) is 18.5 Å². The second kappa shape index (κ2) is 7.64. The van der Waals surface area contributed by atoms with Gasteiger partial charge in [0.1, 0.15) is 11.5 Å². The summed E-state index contributed by atoms with van der Waals surface area (Å²) < 4.78 is 16.7. The summed E-state index contributed by atoms with van der Waals surface area (Å²) in [5.41, 5.74) is 1.13. The molecule has 1 saturated heterocycles. The minimum atomic E-state index is 0.125. The zero-order chi connectivity index (χ0) is 15.2. The fourth-order valence-electron chi connectivity index (χ4n) is 2.71. The van der Waals surface area contributed by atoms with Gasteiger partial charge in [0.25, 0.3) is 0 Å². The van der Waals surface area contributed by atoms with E-state index in [4.69, 9.17) is 14.2 Å². The average Bonchev–Trinajstić information content (AvgIpc) is 2.52. The normalized spacial score (nSPS) is 21.0. The number of morpholine rings is 1. The number of hydrogen-bond donors (Lipinski definition) is 1. The third-order valence-corrected chi connectivity index (χ3v) is 3.83. The van der Waals surface area contributed by atoms with E-state index >= 15 is 0 Å². The Morgan fingerprint density at radius 3 is 2.48 bits per heavy atom. The molecule has 1 aromatic carbocycles. The summed E-state index contributed by atoms with van der Waals surface area (Å²) in [5, 5.41) is 3.53. The van der Waals surface area contributed by atoms with Crippen LogP contribution in [0.3, 0.4) is 0 Å². The van der Waals surface area contributed by atoms with Crippen molar-refractivity contribution >= 4 is 0 Å². The molecule has 1 aliphatic rings. The first-order valence-electron chi connectivity index (χ1n) is 7.44. The number of methoxy groups -OCH3 is 2. The van der Waals surface area contributed by atoms with Crippen molar-refractivity contribution in [3.63, 3.8) is 0 Å². The predicted molar refractivity (Wildman–Crippen MR) is 83.2 cm³/mol. The summed E-state index contributed by atoms with van der Waals surface area (Å²) in [6.45, 7) is 5.66. The second-order valence-electron chi connectivity index (χ2n) is 5.35. The van der Waals surface area contributed by atoms with Crippen LogP contribution >= 0.6 is 0 Å². The molecule has 2 rings (SSSR count). The van der Waals surface area contributed by atoms with Gasteiger partial charge in [0.2, 0.25) is 0 Å². The number of likely N-dealkylation sites (N-methyl/N-ethyl adjacent to an activating group) is 2. The molecule has 1 aliphatic heterocycles. The summed E-state index contributed by atoms with van der Waals surface area (Å²) in [5.74, 6) is 1.60. The zero-order valence-electron chi connectivity index (χ0n) is 13.4. The maximum atomic E-state index is 5.98.